The van der Waals surface area contributed by atoms with Gasteiger partial charge in [-0.3, -0.25) is 0 Å². The molecule has 2 atom stereocenters. The van der Waals surface area contributed by atoms with Gasteiger partial charge >= 0.3 is 0 Å². The maximum atomic E-state index is 10.9. The van der Waals surface area contributed by atoms with Crippen LogP contribution in [0.25, 0.3) is 0 Å². The molecule has 2 N–H and O–H groups in total. The summed E-state index contributed by atoms with van der Waals surface area (Å²) in [6.45, 7) is 17.2. The fraction of sp³-hybridized carbons (Fsp3) is 0.436. The summed E-state index contributed by atoms with van der Waals surface area (Å²) in [5.74, 6) is 0. The molecule has 0 spiro atoms. The smallest absolute Gasteiger partial charge is 0.101 e. The van der Waals surface area contributed by atoms with Gasteiger partial charge in [-0.1, -0.05) is 106 Å². The first-order valence-electron chi connectivity index (χ1n) is 15.2. The van der Waals surface area contributed by atoms with E-state index in [-0.39, 0.29) is 0 Å². The average molecular weight is 555 g/mol. The standard InChI is InChI=1S/C39H54O2/c1-9-10-13-28(2)16-17-29(3)18-19-30(4)20-21-31(5)22-23-32(6)24-25-33(7)26-27-35-34(8)38(40)36-14-11-12-15-37(36)39(35)41/h9-12,14-16,18,20,22,24,26,38-41H,13,17,19,21,23,25,27H2,1-8H3/b10-9-,28-16+,29-18+,30-20+,31-22+,32-24+,33-26+. The van der Waals surface area contributed by atoms with Crippen LogP contribution in [0.4, 0.5) is 0 Å². The minimum atomic E-state index is -0.652. The second kappa shape index (κ2) is 17.8. The van der Waals surface area contributed by atoms with Crippen LogP contribution in [0.5, 0.6) is 0 Å². The van der Waals surface area contributed by atoms with Crippen molar-refractivity contribution < 1.29 is 10.2 Å². The highest BCUT2D eigenvalue weighted by molar-refractivity contribution is 5.45. The predicted molar refractivity (Wildman–Crippen MR) is 179 cm³/mol. The molecule has 1 aliphatic carbocycles. The second-order valence-electron chi connectivity index (χ2n) is 11.9. The Labute approximate surface area is 251 Å². The minimum Gasteiger partial charge on any atom is -0.384 e. The van der Waals surface area contributed by atoms with Crippen molar-refractivity contribution in [3.8, 4) is 0 Å². The van der Waals surface area contributed by atoms with Crippen molar-refractivity contribution in [3.05, 3.63) is 129 Å². The van der Waals surface area contributed by atoms with Crippen LogP contribution in [0.2, 0.25) is 0 Å². The maximum absolute atomic E-state index is 10.9. The summed E-state index contributed by atoms with van der Waals surface area (Å²) < 4.78 is 0. The van der Waals surface area contributed by atoms with Crippen molar-refractivity contribution in [1.29, 1.82) is 0 Å². The van der Waals surface area contributed by atoms with Crippen molar-refractivity contribution in [2.75, 3.05) is 0 Å². The van der Waals surface area contributed by atoms with E-state index in [4.69, 9.17) is 0 Å². The molecule has 0 heterocycles. The van der Waals surface area contributed by atoms with Gasteiger partial charge < -0.3 is 10.2 Å². The van der Waals surface area contributed by atoms with Gasteiger partial charge in [0.2, 0.25) is 0 Å². The van der Waals surface area contributed by atoms with Gasteiger partial charge in [-0.25, -0.2) is 0 Å². The van der Waals surface area contributed by atoms with Crippen molar-refractivity contribution in [2.24, 2.45) is 0 Å². The topological polar surface area (TPSA) is 40.5 Å². The van der Waals surface area contributed by atoms with E-state index in [9.17, 15) is 10.2 Å². The Kier molecular flexibility index (Phi) is 14.9. The highest BCUT2D eigenvalue weighted by Crippen LogP contribution is 2.41. The highest BCUT2D eigenvalue weighted by atomic mass is 16.3. The molecule has 0 aromatic heterocycles. The Bertz CT molecular complexity index is 1260. The Morgan fingerprint density at radius 3 is 1.37 bits per heavy atom. The minimum absolute atomic E-state index is 0.639. The molecule has 2 nitrogen and oxygen atoms in total. The lowest BCUT2D eigenvalue weighted by molar-refractivity contribution is 0.167. The van der Waals surface area contributed by atoms with E-state index < -0.39 is 12.2 Å². The summed E-state index contributed by atoms with van der Waals surface area (Å²) in [6.07, 6.45) is 23.6. The summed E-state index contributed by atoms with van der Waals surface area (Å²) in [7, 11) is 0. The van der Waals surface area contributed by atoms with Crippen molar-refractivity contribution in [2.45, 2.75) is 113 Å². The van der Waals surface area contributed by atoms with Gasteiger partial charge in [-0.05, 0) is 123 Å². The van der Waals surface area contributed by atoms with Crippen LogP contribution < -0.4 is 0 Å². The number of allylic oxidation sites excluding steroid dienone is 14. The van der Waals surface area contributed by atoms with Crippen molar-refractivity contribution in [3.63, 3.8) is 0 Å². The Morgan fingerprint density at radius 1 is 0.585 bits per heavy atom. The molecule has 2 heteroatoms. The van der Waals surface area contributed by atoms with Crippen LogP contribution in [0.3, 0.4) is 0 Å². The SMILES string of the molecule is C/C=C\C/C(C)=C/C/C(C)=C/C/C(C)=C/C/C(C)=C/C/C(C)=C/C/C(C)=C/CC1=C(C)C(O)c2ccccc2C1O. The zero-order chi connectivity index (χ0) is 30.4. The molecule has 41 heavy (non-hydrogen) atoms. The van der Waals surface area contributed by atoms with E-state index in [0.29, 0.717) is 6.42 Å². The Hall–Kier alpha value is -2.94. The molecule has 0 saturated carbocycles. The molecule has 0 aliphatic heterocycles. The van der Waals surface area contributed by atoms with E-state index >= 15 is 0 Å². The molecule has 0 bridgehead atoms. The molecule has 0 radical (unpaired) electrons. The summed E-state index contributed by atoms with van der Waals surface area (Å²) in [4.78, 5) is 0. The van der Waals surface area contributed by atoms with Gasteiger partial charge in [0, 0.05) is 0 Å². The molecule has 0 saturated heterocycles. The molecule has 222 valence electrons. The Balaban J connectivity index is 1.83. The van der Waals surface area contributed by atoms with Gasteiger partial charge in [0.15, 0.2) is 0 Å². The van der Waals surface area contributed by atoms with E-state index in [1.165, 1.54) is 33.4 Å². The summed E-state index contributed by atoms with van der Waals surface area (Å²) in [6, 6.07) is 7.65. The monoisotopic (exact) mass is 554 g/mol. The third kappa shape index (κ3) is 11.8. The molecule has 2 rings (SSSR count). The number of aliphatic hydroxyl groups excluding tert-OH is 2. The quantitative estimate of drug-likeness (QED) is 0.225. The largest absolute Gasteiger partial charge is 0.384 e. The second-order valence-corrected chi connectivity index (χ2v) is 11.9. The highest BCUT2D eigenvalue weighted by Gasteiger charge is 2.29. The molecule has 1 aromatic carbocycles. The van der Waals surface area contributed by atoms with E-state index in [1.54, 1.807) is 0 Å². The lowest BCUT2D eigenvalue weighted by Crippen LogP contribution is -2.17. The van der Waals surface area contributed by atoms with Gasteiger partial charge in [-0.2, -0.15) is 0 Å². The molecular weight excluding hydrogens is 500 g/mol. The molecular formula is C39H54O2. The van der Waals surface area contributed by atoms with Crippen LogP contribution in [-0.2, 0) is 0 Å². The first-order chi connectivity index (χ1) is 19.5. The van der Waals surface area contributed by atoms with Gasteiger partial charge in [0.1, 0.15) is 12.2 Å². The summed E-state index contributed by atoms with van der Waals surface area (Å²) in [5, 5.41) is 21.7. The fourth-order valence-electron chi connectivity index (χ4n) is 4.86. The lowest BCUT2D eigenvalue weighted by Gasteiger charge is -2.29. The number of aliphatic hydroxyl groups is 2. The van der Waals surface area contributed by atoms with Gasteiger partial charge in [0.05, 0.1) is 0 Å². The van der Waals surface area contributed by atoms with Gasteiger partial charge in [0.25, 0.3) is 0 Å². The molecule has 1 aliphatic rings. The lowest BCUT2D eigenvalue weighted by atomic mass is 9.81. The normalized spacial score (nSPS) is 19.9. The number of hydrogen-bond donors (Lipinski definition) is 2. The fourth-order valence-corrected chi connectivity index (χ4v) is 4.86. The van der Waals surface area contributed by atoms with Crippen LogP contribution >= 0.6 is 0 Å². The van der Waals surface area contributed by atoms with Gasteiger partial charge in [-0.15, -0.1) is 0 Å². The van der Waals surface area contributed by atoms with Crippen LogP contribution in [0, 0.1) is 0 Å². The molecule has 0 amide bonds. The van der Waals surface area contributed by atoms with E-state index in [2.05, 4.69) is 97.1 Å². The van der Waals surface area contributed by atoms with Crippen molar-refractivity contribution >= 4 is 0 Å². The zero-order valence-corrected chi connectivity index (χ0v) is 26.9. The number of benzene rings is 1. The third-order valence-corrected chi connectivity index (χ3v) is 8.04. The molecule has 2 unspecified atom stereocenters. The molecule has 0 fully saturated rings. The number of fused-ring (bicyclic) bond motifs is 1. The summed E-state index contributed by atoms with van der Waals surface area (Å²) >= 11 is 0. The molecule has 1 aromatic rings. The average Bonchev–Trinajstić information content (AvgIpc) is 2.97. The first-order valence-corrected chi connectivity index (χ1v) is 15.2. The van der Waals surface area contributed by atoms with Crippen LogP contribution in [-0.4, -0.2) is 10.2 Å². The van der Waals surface area contributed by atoms with Crippen LogP contribution in [0.1, 0.15) is 124 Å². The predicted octanol–water partition coefficient (Wildman–Crippen LogP) is 11.1. The Morgan fingerprint density at radius 2 is 0.951 bits per heavy atom. The number of hydrogen-bond acceptors (Lipinski definition) is 2. The maximum Gasteiger partial charge on any atom is 0.101 e. The first kappa shape index (κ1) is 34.3. The van der Waals surface area contributed by atoms with Crippen LogP contribution in [0.15, 0.2) is 117 Å². The zero-order valence-electron chi connectivity index (χ0n) is 26.9. The third-order valence-electron chi connectivity index (χ3n) is 8.04. The van der Waals surface area contributed by atoms with E-state index in [1.807, 2.05) is 31.2 Å². The summed E-state index contributed by atoms with van der Waals surface area (Å²) in [5.41, 5.74) is 11.7. The van der Waals surface area contributed by atoms with E-state index in [0.717, 1.165) is 60.8 Å². The van der Waals surface area contributed by atoms with Crippen molar-refractivity contribution in [1.82, 2.24) is 0 Å². The number of rotatable bonds is 14.